The maximum Gasteiger partial charge on any atom is 0.277 e. The zero-order valence-corrected chi connectivity index (χ0v) is 20.1. The van der Waals surface area contributed by atoms with Crippen molar-refractivity contribution < 1.29 is 18.3 Å². The lowest BCUT2D eigenvalue weighted by atomic mass is 10.1. The van der Waals surface area contributed by atoms with Crippen LogP contribution in [-0.4, -0.2) is 39.3 Å². The predicted octanol–water partition coefficient (Wildman–Crippen LogP) is 4.58. The van der Waals surface area contributed by atoms with E-state index in [1.54, 1.807) is 50.4 Å². The van der Waals surface area contributed by atoms with Gasteiger partial charge in [-0.15, -0.1) is 0 Å². The highest BCUT2D eigenvalue weighted by Gasteiger charge is 2.29. The summed E-state index contributed by atoms with van der Waals surface area (Å²) in [6, 6.07) is 3.85. The molecule has 0 atom stereocenters. The monoisotopic (exact) mass is 500 g/mol. The quantitative estimate of drug-likeness (QED) is 0.333. The minimum Gasteiger partial charge on any atom is -0.485 e. The van der Waals surface area contributed by atoms with Gasteiger partial charge in [0, 0.05) is 50.4 Å². The molecule has 0 spiro atoms. The zero-order chi connectivity index (χ0) is 25.3. The van der Waals surface area contributed by atoms with Crippen molar-refractivity contribution in [2.45, 2.75) is 32.3 Å². The van der Waals surface area contributed by atoms with Gasteiger partial charge in [0.1, 0.15) is 34.6 Å². The van der Waals surface area contributed by atoms with Crippen LogP contribution in [-0.2, 0) is 6.61 Å². The van der Waals surface area contributed by atoms with Crippen molar-refractivity contribution in [2.75, 3.05) is 14.1 Å². The number of pyridine rings is 3. The third-order valence-electron chi connectivity index (χ3n) is 5.49. The van der Waals surface area contributed by atoms with Gasteiger partial charge in [0.05, 0.1) is 11.9 Å². The minimum absolute atomic E-state index is 0.0446. The second kappa shape index (κ2) is 9.95. The Hall–Kier alpha value is -3.59. The predicted molar refractivity (Wildman–Crippen MR) is 127 cm³/mol. The fourth-order valence-corrected chi connectivity index (χ4v) is 3.77. The lowest BCUT2D eigenvalue weighted by molar-refractivity contribution is 0.104. The number of carbonyl (C=O) groups is 1. The van der Waals surface area contributed by atoms with Gasteiger partial charge >= 0.3 is 0 Å². The smallest absolute Gasteiger partial charge is 0.277 e. The normalized spacial score (nSPS) is 13.3. The van der Waals surface area contributed by atoms with Crippen molar-refractivity contribution in [2.24, 2.45) is 0 Å². The molecule has 0 amide bonds. The summed E-state index contributed by atoms with van der Waals surface area (Å²) in [5.74, 6) is -1.68. The molecule has 0 N–H and O–H groups in total. The summed E-state index contributed by atoms with van der Waals surface area (Å²) in [5.41, 5.74) is 1.41. The van der Waals surface area contributed by atoms with Gasteiger partial charge < -0.3 is 9.64 Å². The highest BCUT2D eigenvalue weighted by Crippen LogP contribution is 2.42. The molecule has 0 aliphatic heterocycles. The highest BCUT2D eigenvalue weighted by molar-refractivity contribution is 6.31. The Morgan fingerprint density at radius 1 is 1.23 bits per heavy atom. The summed E-state index contributed by atoms with van der Waals surface area (Å²) in [4.78, 5) is 35.7. The summed E-state index contributed by atoms with van der Waals surface area (Å²) >= 11 is 6.35. The lowest BCUT2D eigenvalue weighted by Crippen LogP contribution is -2.23. The number of allylic oxidation sites excluding steroid dienone is 1. The van der Waals surface area contributed by atoms with Crippen LogP contribution in [0, 0.1) is 18.6 Å². The van der Waals surface area contributed by atoms with E-state index in [2.05, 4.69) is 9.97 Å². The molecule has 10 heteroatoms. The van der Waals surface area contributed by atoms with E-state index in [9.17, 15) is 18.4 Å². The van der Waals surface area contributed by atoms with E-state index in [-0.39, 0.29) is 40.5 Å². The molecule has 0 aromatic carbocycles. The molecule has 35 heavy (non-hydrogen) atoms. The molecular formula is C25H23ClF2N4O3. The molecule has 4 rings (SSSR count). The van der Waals surface area contributed by atoms with E-state index in [1.165, 1.54) is 10.6 Å². The molecule has 1 fully saturated rings. The van der Waals surface area contributed by atoms with Crippen LogP contribution < -0.4 is 10.3 Å². The van der Waals surface area contributed by atoms with Gasteiger partial charge in [-0.1, -0.05) is 11.6 Å². The number of aromatic nitrogens is 3. The summed E-state index contributed by atoms with van der Waals surface area (Å²) in [6.45, 7) is 1.36. The summed E-state index contributed by atoms with van der Waals surface area (Å²) in [5, 5.41) is -0.211. The van der Waals surface area contributed by atoms with Crippen LogP contribution in [0.25, 0.3) is 5.69 Å². The van der Waals surface area contributed by atoms with E-state index in [4.69, 9.17) is 16.3 Å². The van der Waals surface area contributed by atoms with Gasteiger partial charge in [-0.25, -0.2) is 8.78 Å². The second-order valence-corrected chi connectivity index (χ2v) is 8.90. The Bertz CT molecular complexity index is 1380. The minimum atomic E-state index is -0.863. The van der Waals surface area contributed by atoms with Gasteiger partial charge in [0.2, 0.25) is 5.78 Å². The number of nitrogens with zero attached hydrogens (tertiary/aromatic N) is 4. The molecule has 3 heterocycles. The lowest BCUT2D eigenvalue weighted by Gasteiger charge is -2.17. The molecule has 1 saturated carbocycles. The maximum absolute atomic E-state index is 13.9. The number of aryl methyl sites for hydroxylation is 1. The Labute approximate surface area is 205 Å². The average Bonchev–Trinajstić information content (AvgIpc) is 3.65. The topological polar surface area (TPSA) is 77.3 Å². The fourth-order valence-electron chi connectivity index (χ4n) is 3.58. The van der Waals surface area contributed by atoms with Crippen LogP contribution in [0.2, 0.25) is 5.02 Å². The zero-order valence-electron chi connectivity index (χ0n) is 19.4. The van der Waals surface area contributed by atoms with Crippen LogP contribution in [0.1, 0.15) is 46.2 Å². The van der Waals surface area contributed by atoms with Crippen LogP contribution in [0.5, 0.6) is 5.75 Å². The Morgan fingerprint density at radius 3 is 2.63 bits per heavy atom. The second-order valence-electron chi connectivity index (χ2n) is 8.52. The van der Waals surface area contributed by atoms with Gasteiger partial charge in [0.15, 0.2) is 5.82 Å². The van der Waals surface area contributed by atoms with E-state index in [0.29, 0.717) is 17.4 Å². The first-order chi connectivity index (χ1) is 16.7. The summed E-state index contributed by atoms with van der Waals surface area (Å²) in [6.07, 6.45) is 7.46. The molecule has 3 aromatic heterocycles. The number of carbonyl (C=O) groups excluding carboxylic acids is 1. The van der Waals surface area contributed by atoms with E-state index < -0.39 is 17.2 Å². The SMILES string of the molecule is Cc1cc(OCc2ncc(F)cc2F)c(Cl)c(=O)n1-c1cc(C(=O)/C=C/N(C)C)ncc1C1CC1. The first-order valence-corrected chi connectivity index (χ1v) is 11.3. The van der Waals surface area contributed by atoms with Crippen LogP contribution >= 0.6 is 11.6 Å². The average molecular weight is 501 g/mol. The molecule has 0 unspecified atom stereocenters. The number of hydrogen-bond donors (Lipinski definition) is 0. The molecular weight excluding hydrogens is 478 g/mol. The maximum atomic E-state index is 13.9. The van der Waals surface area contributed by atoms with Gasteiger partial charge in [0.25, 0.3) is 5.56 Å². The number of rotatable bonds is 8. The van der Waals surface area contributed by atoms with Gasteiger partial charge in [-0.3, -0.25) is 24.1 Å². The van der Waals surface area contributed by atoms with Crippen molar-refractivity contribution >= 4 is 17.4 Å². The molecule has 1 aliphatic carbocycles. The molecule has 0 saturated heterocycles. The number of ketones is 1. The number of ether oxygens (including phenoxy) is 1. The van der Waals surface area contributed by atoms with Crippen molar-refractivity contribution in [3.8, 4) is 11.4 Å². The first kappa shape index (κ1) is 24.5. The van der Waals surface area contributed by atoms with E-state index in [0.717, 1.165) is 24.6 Å². The summed E-state index contributed by atoms with van der Waals surface area (Å²) in [7, 11) is 3.60. The molecule has 1 aliphatic rings. The number of hydrogen-bond acceptors (Lipinski definition) is 6. The third kappa shape index (κ3) is 5.40. The van der Waals surface area contributed by atoms with Crippen LogP contribution in [0.4, 0.5) is 8.78 Å². The van der Waals surface area contributed by atoms with Gasteiger partial charge in [-0.2, -0.15) is 0 Å². The molecule has 182 valence electrons. The fraction of sp³-hybridized carbons (Fsp3) is 0.280. The van der Waals surface area contributed by atoms with Crippen LogP contribution in [0.15, 0.2) is 47.7 Å². The largest absolute Gasteiger partial charge is 0.485 e. The van der Waals surface area contributed by atoms with Crippen molar-refractivity contribution in [3.63, 3.8) is 0 Å². The van der Waals surface area contributed by atoms with Crippen LogP contribution in [0.3, 0.4) is 0 Å². The standard InChI is InChI=1S/C25H23ClF2N4O3/c1-14-8-23(35-13-20-18(28)9-16(27)11-29-20)24(26)25(34)32(14)21-10-19(22(33)6-7-31(2)3)30-12-17(21)15-4-5-15/h6-12,15H,4-5,13H2,1-3H3/b7-6+. The highest BCUT2D eigenvalue weighted by atomic mass is 35.5. The van der Waals surface area contributed by atoms with E-state index >= 15 is 0 Å². The summed E-state index contributed by atoms with van der Waals surface area (Å²) < 4.78 is 34.0. The Kier molecular flexibility index (Phi) is 6.98. The first-order valence-electron chi connectivity index (χ1n) is 10.9. The Morgan fingerprint density at radius 2 is 1.97 bits per heavy atom. The van der Waals surface area contributed by atoms with Crippen molar-refractivity contribution in [3.05, 3.63) is 92.5 Å². The van der Waals surface area contributed by atoms with Gasteiger partial charge in [-0.05, 0) is 37.3 Å². The van der Waals surface area contributed by atoms with E-state index in [1.807, 2.05) is 0 Å². The molecule has 7 nitrogen and oxygen atoms in total. The van der Waals surface area contributed by atoms with Crippen molar-refractivity contribution in [1.29, 1.82) is 0 Å². The van der Waals surface area contributed by atoms with Crippen molar-refractivity contribution in [1.82, 2.24) is 19.4 Å². The third-order valence-corrected chi connectivity index (χ3v) is 5.84. The Balaban J connectivity index is 1.71. The molecule has 0 bridgehead atoms. The molecule has 0 radical (unpaired) electrons. The molecule has 3 aromatic rings. The number of halogens is 3.